The van der Waals surface area contributed by atoms with E-state index < -0.39 is 10.0 Å². The van der Waals surface area contributed by atoms with E-state index in [0.717, 1.165) is 16.9 Å². The molecule has 0 radical (unpaired) electrons. The van der Waals surface area contributed by atoms with Crippen LogP contribution >= 0.6 is 0 Å². The van der Waals surface area contributed by atoms with Gasteiger partial charge in [0, 0.05) is 11.5 Å². The SMILES string of the molecule is O=S(=O)(Cc1ccccc1)N1CCN(c2ccc3ccccc3[nH+]2)CC1. The van der Waals surface area contributed by atoms with Crippen LogP contribution in [0.15, 0.2) is 66.7 Å². The molecule has 4 rings (SSSR count). The second-order valence-electron chi connectivity index (χ2n) is 6.56. The average Bonchev–Trinajstić information content (AvgIpc) is 2.68. The Morgan fingerprint density at radius 2 is 1.50 bits per heavy atom. The van der Waals surface area contributed by atoms with Crippen molar-refractivity contribution >= 4 is 26.7 Å². The van der Waals surface area contributed by atoms with Crippen LogP contribution in [0.4, 0.5) is 5.82 Å². The Morgan fingerprint density at radius 1 is 0.808 bits per heavy atom. The summed E-state index contributed by atoms with van der Waals surface area (Å²) in [7, 11) is -3.28. The molecule has 1 N–H and O–H groups in total. The minimum absolute atomic E-state index is 0.0654. The van der Waals surface area contributed by atoms with Crippen molar-refractivity contribution in [3.8, 4) is 0 Å². The predicted octanol–water partition coefficient (Wildman–Crippen LogP) is 2.31. The molecule has 1 fully saturated rings. The molecule has 6 heteroatoms. The van der Waals surface area contributed by atoms with Crippen LogP contribution in [0.25, 0.3) is 10.9 Å². The number of pyridine rings is 1. The Hall–Kier alpha value is -2.44. The summed E-state index contributed by atoms with van der Waals surface area (Å²) in [5.41, 5.74) is 1.92. The summed E-state index contributed by atoms with van der Waals surface area (Å²) in [4.78, 5) is 5.66. The van der Waals surface area contributed by atoms with E-state index in [1.807, 2.05) is 42.5 Å². The van der Waals surface area contributed by atoms with Crippen molar-refractivity contribution in [2.75, 3.05) is 31.1 Å². The van der Waals surface area contributed by atoms with Gasteiger partial charge in [0.05, 0.1) is 31.9 Å². The number of hydrogen-bond donors (Lipinski definition) is 0. The molecule has 1 saturated heterocycles. The molecule has 3 aromatic rings. The van der Waals surface area contributed by atoms with Gasteiger partial charge in [-0.2, -0.15) is 4.31 Å². The molecule has 0 bridgehead atoms. The molecular weight excluding hydrogens is 346 g/mol. The lowest BCUT2D eigenvalue weighted by molar-refractivity contribution is -0.330. The number of para-hydroxylation sites is 1. The van der Waals surface area contributed by atoms with E-state index in [1.54, 1.807) is 4.31 Å². The van der Waals surface area contributed by atoms with Crippen molar-refractivity contribution in [2.24, 2.45) is 0 Å². The van der Waals surface area contributed by atoms with Gasteiger partial charge in [-0.05, 0) is 17.7 Å². The predicted molar refractivity (Wildman–Crippen MR) is 103 cm³/mol. The summed E-state index contributed by atoms with van der Waals surface area (Å²) >= 11 is 0. The maximum atomic E-state index is 12.7. The number of fused-ring (bicyclic) bond motifs is 1. The number of benzene rings is 2. The van der Waals surface area contributed by atoms with Crippen LogP contribution in [0.3, 0.4) is 0 Å². The Morgan fingerprint density at radius 3 is 2.27 bits per heavy atom. The van der Waals surface area contributed by atoms with Gasteiger partial charge in [-0.15, -0.1) is 0 Å². The van der Waals surface area contributed by atoms with E-state index in [2.05, 4.69) is 34.1 Å². The van der Waals surface area contributed by atoms with E-state index in [0.29, 0.717) is 26.2 Å². The lowest BCUT2D eigenvalue weighted by Crippen LogP contribution is -2.50. The van der Waals surface area contributed by atoms with Crippen molar-refractivity contribution in [3.63, 3.8) is 0 Å². The van der Waals surface area contributed by atoms with Crippen LogP contribution in [0.1, 0.15) is 5.56 Å². The first-order chi connectivity index (χ1) is 12.6. The lowest BCUT2D eigenvalue weighted by Gasteiger charge is -2.30. The van der Waals surface area contributed by atoms with E-state index >= 15 is 0 Å². The zero-order valence-electron chi connectivity index (χ0n) is 14.5. The fourth-order valence-electron chi connectivity index (χ4n) is 3.37. The van der Waals surface area contributed by atoms with Crippen molar-refractivity contribution in [1.29, 1.82) is 0 Å². The van der Waals surface area contributed by atoms with E-state index in [4.69, 9.17) is 0 Å². The van der Waals surface area contributed by atoms with Crippen molar-refractivity contribution in [2.45, 2.75) is 5.75 Å². The van der Waals surface area contributed by atoms with Crippen LogP contribution < -0.4 is 9.88 Å². The second-order valence-corrected chi connectivity index (χ2v) is 8.53. The number of H-pyrrole nitrogens is 1. The molecule has 1 aliphatic heterocycles. The van der Waals surface area contributed by atoms with Gasteiger partial charge in [-0.25, -0.2) is 13.4 Å². The van der Waals surface area contributed by atoms with E-state index in [1.165, 1.54) is 5.39 Å². The molecule has 2 heterocycles. The van der Waals surface area contributed by atoms with Crippen molar-refractivity contribution in [3.05, 3.63) is 72.3 Å². The number of piperazine rings is 1. The molecule has 0 saturated carbocycles. The molecule has 0 unspecified atom stereocenters. The van der Waals surface area contributed by atoms with Crippen LogP contribution in [-0.4, -0.2) is 38.9 Å². The molecule has 0 amide bonds. The largest absolute Gasteiger partial charge is 0.274 e. The second kappa shape index (κ2) is 7.05. The maximum absolute atomic E-state index is 12.7. The highest BCUT2D eigenvalue weighted by Gasteiger charge is 2.30. The first-order valence-corrected chi connectivity index (χ1v) is 10.4. The smallest absolute Gasteiger partial charge is 0.259 e. The van der Waals surface area contributed by atoms with Gasteiger partial charge in [0.1, 0.15) is 5.52 Å². The number of aromatic nitrogens is 1. The van der Waals surface area contributed by atoms with Gasteiger partial charge in [-0.1, -0.05) is 48.5 Å². The van der Waals surface area contributed by atoms with Gasteiger partial charge in [0.15, 0.2) is 0 Å². The Labute approximate surface area is 153 Å². The standard InChI is InChI=1S/C20H21N3O2S/c24-26(25,16-17-6-2-1-3-7-17)23-14-12-22(13-15-23)20-11-10-18-8-4-5-9-19(18)21-20/h1-11H,12-16H2/p+1. The maximum Gasteiger partial charge on any atom is 0.274 e. The summed E-state index contributed by atoms with van der Waals surface area (Å²) in [6.45, 7) is 2.39. The van der Waals surface area contributed by atoms with Crippen molar-refractivity contribution in [1.82, 2.24) is 4.31 Å². The topological polar surface area (TPSA) is 54.8 Å². The van der Waals surface area contributed by atoms with Crippen LogP contribution in [-0.2, 0) is 15.8 Å². The number of nitrogens with one attached hydrogen (secondary N) is 1. The number of sulfonamides is 1. The summed E-state index contributed by atoms with van der Waals surface area (Å²) < 4.78 is 27.0. The minimum Gasteiger partial charge on any atom is -0.259 e. The molecule has 1 aromatic heterocycles. The summed E-state index contributed by atoms with van der Waals surface area (Å²) in [6.07, 6.45) is 0. The highest BCUT2D eigenvalue weighted by atomic mass is 32.2. The third-order valence-corrected chi connectivity index (χ3v) is 6.66. The normalized spacial score (nSPS) is 16.1. The molecule has 134 valence electrons. The first-order valence-electron chi connectivity index (χ1n) is 8.80. The van der Waals surface area contributed by atoms with Crippen LogP contribution in [0.2, 0.25) is 0 Å². The number of rotatable bonds is 4. The van der Waals surface area contributed by atoms with Gasteiger partial charge in [-0.3, -0.25) is 4.90 Å². The summed E-state index contributed by atoms with van der Waals surface area (Å²) in [5.74, 6) is 1.10. The fraction of sp³-hybridized carbons (Fsp3) is 0.250. The van der Waals surface area contributed by atoms with E-state index in [9.17, 15) is 8.42 Å². The van der Waals surface area contributed by atoms with E-state index in [-0.39, 0.29) is 5.75 Å². The molecule has 0 aliphatic carbocycles. The Balaban J connectivity index is 1.44. The van der Waals surface area contributed by atoms with Crippen LogP contribution in [0.5, 0.6) is 0 Å². The number of hydrogen-bond acceptors (Lipinski definition) is 3. The zero-order valence-corrected chi connectivity index (χ0v) is 15.3. The van der Waals surface area contributed by atoms with Gasteiger partial charge < -0.3 is 0 Å². The van der Waals surface area contributed by atoms with Gasteiger partial charge >= 0.3 is 0 Å². The molecule has 0 atom stereocenters. The molecular formula is C20H22N3O2S+. The number of aromatic amines is 1. The number of nitrogens with zero attached hydrogens (tertiary/aromatic N) is 2. The highest BCUT2D eigenvalue weighted by molar-refractivity contribution is 7.88. The molecule has 26 heavy (non-hydrogen) atoms. The fourth-order valence-corrected chi connectivity index (χ4v) is 4.89. The summed E-state index contributed by atoms with van der Waals surface area (Å²) in [6, 6.07) is 21.7. The van der Waals surface area contributed by atoms with Crippen LogP contribution in [0, 0.1) is 0 Å². The third-order valence-electron chi connectivity index (χ3n) is 4.81. The third kappa shape index (κ3) is 3.57. The average molecular weight is 368 g/mol. The molecule has 2 aromatic carbocycles. The first kappa shape index (κ1) is 17.0. The van der Waals surface area contributed by atoms with Gasteiger partial charge in [0.25, 0.3) is 5.82 Å². The number of anilines is 1. The van der Waals surface area contributed by atoms with Gasteiger partial charge in [0.2, 0.25) is 10.0 Å². The van der Waals surface area contributed by atoms with Crippen molar-refractivity contribution < 1.29 is 13.4 Å². The lowest BCUT2D eigenvalue weighted by atomic mass is 10.2. The Bertz CT molecular complexity index is 998. The molecule has 0 spiro atoms. The summed E-state index contributed by atoms with van der Waals surface area (Å²) in [5, 5.41) is 1.17. The highest BCUT2D eigenvalue weighted by Crippen LogP contribution is 2.18. The monoisotopic (exact) mass is 368 g/mol. The molecule has 5 nitrogen and oxygen atoms in total. The minimum atomic E-state index is -3.28. The quantitative estimate of drug-likeness (QED) is 0.710. The molecule has 1 aliphatic rings. The zero-order chi connectivity index (χ0) is 18.0. The Kier molecular flexibility index (Phi) is 4.61.